The van der Waals surface area contributed by atoms with Crippen LogP contribution in [0.5, 0.6) is 0 Å². The van der Waals surface area contributed by atoms with E-state index in [0.29, 0.717) is 24.5 Å². The average Bonchev–Trinajstić information content (AvgIpc) is 3.15. The summed E-state index contributed by atoms with van der Waals surface area (Å²) in [4.78, 5) is 12.0. The normalized spacial score (nSPS) is 52.4. The Balaban J connectivity index is 1.67. The van der Waals surface area contributed by atoms with Crippen molar-refractivity contribution in [1.82, 2.24) is 0 Å². The Hall–Kier alpha value is -0.910. The lowest BCUT2D eigenvalue weighted by Gasteiger charge is -2.61. The number of carbonyl (C=O) groups is 1. The third-order valence-electron chi connectivity index (χ3n) is 8.07. The molecule has 2 N–H and O–H groups in total. The van der Waals surface area contributed by atoms with Crippen LogP contribution < -0.4 is 0 Å². The van der Waals surface area contributed by atoms with Gasteiger partial charge >= 0.3 is 5.97 Å². The van der Waals surface area contributed by atoms with E-state index in [1.807, 2.05) is 13.0 Å². The summed E-state index contributed by atoms with van der Waals surface area (Å²) >= 11 is 0. The van der Waals surface area contributed by atoms with Crippen LogP contribution >= 0.6 is 0 Å². The van der Waals surface area contributed by atoms with Crippen LogP contribution in [0.25, 0.3) is 0 Å². The number of ether oxygens (including phenoxy) is 2. The maximum atomic E-state index is 12.0. The molecule has 0 amide bonds. The van der Waals surface area contributed by atoms with E-state index in [4.69, 9.17) is 9.47 Å². The van der Waals surface area contributed by atoms with Crippen molar-refractivity contribution < 1.29 is 24.5 Å². The van der Waals surface area contributed by atoms with Gasteiger partial charge in [-0.1, -0.05) is 13.8 Å². The van der Waals surface area contributed by atoms with Gasteiger partial charge in [-0.05, 0) is 62.4 Å². The largest absolute Gasteiger partial charge is 0.458 e. The molecule has 0 aromatic carbocycles. The van der Waals surface area contributed by atoms with Gasteiger partial charge in [0.2, 0.25) is 0 Å². The fourth-order valence-corrected chi connectivity index (χ4v) is 6.61. The molecule has 4 rings (SSSR count). The molecule has 7 atom stereocenters. The van der Waals surface area contributed by atoms with E-state index < -0.39 is 11.5 Å². The number of rotatable bonds is 2. The zero-order valence-corrected chi connectivity index (χ0v) is 15.5. The molecule has 1 saturated heterocycles. The van der Waals surface area contributed by atoms with Gasteiger partial charge in [-0.3, -0.25) is 0 Å². The summed E-state index contributed by atoms with van der Waals surface area (Å²) in [6.45, 7) is 6.89. The van der Waals surface area contributed by atoms with Crippen LogP contribution in [0.4, 0.5) is 0 Å². The third-order valence-corrected chi connectivity index (χ3v) is 8.07. The Morgan fingerprint density at radius 2 is 1.96 bits per heavy atom. The molecule has 0 unspecified atom stereocenters. The zero-order valence-electron chi connectivity index (χ0n) is 15.5. The van der Waals surface area contributed by atoms with Crippen LogP contribution in [0.2, 0.25) is 0 Å². The van der Waals surface area contributed by atoms with Gasteiger partial charge in [-0.15, -0.1) is 0 Å². The molecular formula is C20H30O5. The molecule has 3 fully saturated rings. The maximum Gasteiger partial charge on any atom is 0.336 e. The van der Waals surface area contributed by atoms with Gasteiger partial charge in [0, 0.05) is 5.41 Å². The molecule has 0 radical (unpaired) electrons. The highest BCUT2D eigenvalue weighted by atomic mass is 16.5. The van der Waals surface area contributed by atoms with Gasteiger partial charge in [-0.2, -0.15) is 0 Å². The van der Waals surface area contributed by atoms with Gasteiger partial charge in [-0.25, -0.2) is 4.79 Å². The standard InChI is InChI=1S/C20H30O5/c1-18-7-5-16(22)19(2,11-21)14(18)4-8-20(3)15(18)10-13(25-20)12-6-9-24-17(12)23/h6,13-16,21-22H,4-5,7-11H2,1-3H3/t13-,14+,15+,16-,18-,19+,20+/m1/s1. The first-order valence-electron chi connectivity index (χ1n) is 9.58. The lowest BCUT2D eigenvalue weighted by Crippen LogP contribution is -2.61. The van der Waals surface area contributed by atoms with E-state index in [1.165, 1.54) is 0 Å². The van der Waals surface area contributed by atoms with Crippen LogP contribution in [-0.4, -0.2) is 47.2 Å². The number of aliphatic hydroxyl groups is 2. The minimum absolute atomic E-state index is 0.00152. The molecule has 0 spiro atoms. The second kappa shape index (κ2) is 5.54. The molecule has 25 heavy (non-hydrogen) atoms. The molecule has 2 heterocycles. The minimum atomic E-state index is -0.460. The summed E-state index contributed by atoms with van der Waals surface area (Å²) in [5.41, 5.74) is -0.0332. The summed E-state index contributed by atoms with van der Waals surface area (Å²) < 4.78 is 11.5. The van der Waals surface area contributed by atoms with Crippen molar-refractivity contribution in [1.29, 1.82) is 0 Å². The van der Waals surface area contributed by atoms with Gasteiger partial charge in [0.05, 0.1) is 30.0 Å². The van der Waals surface area contributed by atoms with Crippen LogP contribution in [0.3, 0.4) is 0 Å². The smallest absolute Gasteiger partial charge is 0.336 e. The SMILES string of the molecule is C[C@]1(CO)[C@H]2CC[C@]3(C)O[C@@H](C4=CCOC4=O)C[C@H]3[C@]2(C)CC[C@H]1O. The molecule has 4 aliphatic rings. The maximum absolute atomic E-state index is 12.0. The number of carbonyl (C=O) groups excluding carboxylic acids is 1. The highest BCUT2D eigenvalue weighted by Gasteiger charge is 2.65. The van der Waals surface area contributed by atoms with Crippen LogP contribution in [0, 0.1) is 22.7 Å². The van der Waals surface area contributed by atoms with E-state index in [0.717, 1.165) is 25.7 Å². The van der Waals surface area contributed by atoms with Crippen molar-refractivity contribution in [3.8, 4) is 0 Å². The lowest BCUT2D eigenvalue weighted by atomic mass is 9.44. The monoisotopic (exact) mass is 350 g/mol. The molecule has 5 nitrogen and oxygen atoms in total. The number of hydrogen-bond acceptors (Lipinski definition) is 5. The van der Waals surface area contributed by atoms with E-state index in [2.05, 4.69) is 13.8 Å². The van der Waals surface area contributed by atoms with E-state index in [-0.39, 0.29) is 35.6 Å². The van der Waals surface area contributed by atoms with Gasteiger partial charge < -0.3 is 19.7 Å². The second-order valence-electron chi connectivity index (χ2n) is 9.28. The van der Waals surface area contributed by atoms with Crippen molar-refractivity contribution in [2.24, 2.45) is 22.7 Å². The van der Waals surface area contributed by atoms with Crippen LogP contribution in [0.1, 0.15) is 52.9 Å². The highest BCUT2D eigenvalue weighted by Crippen LogP contribution is 2.66. The molecule has 2 saturated carbocycles. The summed E-state index contributed by atoms with van der Waals surface area (Å²) in [6.07, 6.45) is 5.53. The Kier molecular flexibility index (Phi) is 3.88. The summed E-state index contributed by atoms with van der Waals surface area (Å²) in [6, 6.07) is 0. The van der Waals surface area contributed by atoms with Crippen LogP contribution in [0.15, 0.2) is 11.6 Å². The van der Waals surface area contributed by atoms with E-state index in [9.17, 15) is 15.0 Å². The number of aliphatic hydroxyl groups excluding tert-OH is 2. The summed E-state index contributed by atoms with van der Waals surface area (Å²) in [5.74, 6) is 0.336. The molecule has 2 aliphatic heterocycles. The van der Waals surface area contributed by atoms with Crippen molar-refractivity contribution in [2.75, 3.05) is 13.2 Å². The number of esters is 1. The minimum Gasteiger partial charge on any atom is -0.458 e. The second-order valence-corrected chi connectivity index (χ2v) is 9.28. The number of cyclic esters (lactones) is 1. The highest BCUT2D eigenvalue weighted by molar-refractivity contribution is 5.91. The first-order chi connectivity index (χ1) is 11.7. The molecule has 5 heteroatoms. The Labute approximate surface area is 149 Å². The van der Waals surface area contributed by atoms with Crippen molar-refractivity contribution in [2.45, 2.75) is 70.7 Å². The third kappa shape index (κ3) is 2.28. The molecular weight excluding hydrogens is 320 g/mol. The quantitative estimate of drug-likeness (QED) is 0.747. The topological polar surface area (TPSA) is 76.0 Å². The molecule has 140 valence electrons. The fourth-order valence-electron chi connectivity index (χ4n) is 6.61. The van der Waals surface area contributed by atoms with Crippen molar-refractivity contribution >= 4 is 5.97 Å². The molecule has 0 aromatic heterocycles. The summed E-state index contributed by atoms with van der Waals surface area (Å²) in [5, 5.41) is 20.7. The van der Waals surface area contributed by atoms with Crippen LogP contribution in [-0.2, 0) is 14.3 Å². The van der Waals surface area contributed by atoms with Gasteiger partial charge in [0.25, 0.3) is 0 Å². The zero-order chi connectivity index (χ0) is 18.0. The Bertz CT molecular complexity index is 615. The summed E-state index contributed by atoms with van der Waals surface area (Å²) in [7, 11) is 0. The number of hydrogen-bond donors (Lipinski definition) is 2. The van der Waals surface area contributed by atoms with E-state index >= 15 is 0 Å². The predicted molar refractivity (Wildman–Crippen MR) is 91.7 cm³/mol. The molecule has 0 bridgehead atoms. The van der Waals surface area contributed by atoms with Crippen molar-refractivity contribution in [3.63, 3.8) is 0 Å². The predicted octanol–water partition coefficient (Wildman–Crippen LogP) is 2.20. The van der Waals surface area contributed by atoms with Crippen molar-refractivity contribution in [3.05, 3.63) is 11.6 Å². The first kappa shape index (κ1) is 17.5. The lowest BCUT2D eigenvalue weighted by molar-refractivity contribution is -0.197. The Morgan fingerprint density at radius 3 is 2.60 bits per heavy atom. The Morgan fingerprint density at radius 1 is 1.20 bits per heavy atom. The average molecular weight is 350 g/mol. The molecule has 0 aromatic rings. The number of fused-ring (bicyclic) bond motifs is 3. The van der Waals surface area contributed by atoms with E-state index in [1.54, 1.807) is 0 Å². The first-order valence-corrected chi connectivity index (χ1v) is 9.58. The van der Waals surface area contributed by atoms with Gasteiger partial charge in [0.1, 0.15) is 6.61 Å². The molecule has 2 aliphatic carbocycles. The van der Waals surface area contributed by atoms with Gasteiger partial charge in [0.15, 0.2) is 0 Å². The fraction of sp³-hybridized carbons (Fsp3) is 0.850.